The summed E-state index contributed by atoms with van der Waals surface area (Å²) in [6, 6.07) is 1.33. The van der Waals surface area contributed by atoms with Crippen LogP contribution in [-0.2, 0) is 0 Å². The summed E-state index contributed by atoms with van der Waals surface area (Å²) in [6.07, 6.45) is 1.23. The van der Waals surface area contributed by atoms with Crippen molar-refractivity contribution in [3.05, 3.63) is 17.8 Å². The number of rotatable bonds is 0. The van der Waals surface area contributed by atoms with Crippen molar-refractivity contribution in [2.45, 2.75) is 0 Å². The van der Waals surface area contributed by atoms with Gasteiger partial charge in [0.05, 0.1) is 6.20 Å². The van der Waals surface area contributed by atoms with Crippen molar-refractivity contribution in [3.8, 4) is 0 Å². The van der Waals surface area contributed by atoms with Crippen molar-refractivity contribution >= 4 is 0 Å². The molecule has 2 N–H and O–H groups in total. The normalized spacial score (nSPS) is 9.00. The van der Waals surface area contributed by atoms with E-state index in [1.165, 1.54) is 12.3 Å². The van der Waals surface area contributed by atoms with Gasteiger partial charge in [-0.2, -0.15) is 0 Å². The lowest BCUT2D eigenvalue weighted by Crippen LogP contribution is -2.11. The fourth-order valence-electron chi connectivity index (χ4n) is 0.294. The first-order chi connectivity index (χ1) is 3.79. The van der Waals surface area contributed by atoms with Gasteiger partial charge in [-0.15, -0.1) is 5.10 Å². The lowest BCUT2D eigenvalue weighted by molar-refractivity contribution is 0.133. The molecule has 0 saturated carbocycles. The molecule has 42 valence electrons. The van der Waals surface area contributed by atoms with Gasteiger partial charge in [0, 0.05) is 6.07 Å². The smallest absolute Gasteiger partial charge is 0.170 e. The zero-order valence-electron chi connectivity index (χ0n) is 3.94. The summed E-state index contributed by atoms with van der Waals surface area (Å²) in [4.78, 5) is 0.540. The monoisotopic (exact) mass is 112 g/mol. The fraction of sp³-hybridized carbons (Fsp3) is 0. The van der Waals surface area contributed by atoms with E-state index in [1.807, 2.05) is 0 Å². The first-order valence-corrected chi connectivity index (χ1v) is 1.95. The fourth-order valence-corrected chi connectivity index (χ4v) is 0.294. The molecule has 5 nitrogen and oxygen atoms in total. The molecule has 1 heterocycles. The lowest BCUT2D eigenvalue weighted by Gasteiger charge is -1.86. The predicted molar refractivity (Wildman–Crippen MR) is 23.1 cm³/mol. The molecular formula is C3H4N4O. The van der Waals surface area contributed by atoms with E-state index in [1.54, 1.807) is 0 Å². The third kappa shape index (κ3) is 0.810. The second-order valence-corrected chi connectivity index (χ2v) is 1.21. The van der Waals surface area contributed by atoms with Gasteiger partial charge < -0.3 is 5.21 Å². The van der Waals surface area contributed by atoms with Crippen LogP contribution in [-0.4, -0.2) is 20.4 Å². The van der Waals surface area contributed by atoms with Gasteiger partial charge >= 0.3 is 0 Å². The van der Waals surface area contributed by atoms with Crippen molar-refractivity contribution in [2.75, 3.05) is 0 Å². The Bertz CT molecular complexity index is 208. The van der Waals surface area contributed by atoms with Crippen LogP contribution in [0, 0.1) is 5.41 Å². The van der Waals surface area contributed by atoms with E-state index < -0.39 is 0 Å². The third-order valence-electron chi connectivity index (χ3n) is 0.610. The molecular weight excluding hydrogens is 108 g/mol. The van der Waals surface area contributed by atoms with Crippen LogP contribution in [0.4, 0.5) is 0 Å². The molecule has 1 aromatic heterocycles. The minimum Gasteiger partial charge on any atom is -0.411 e. The van der Waals surface area contributed by atoms with Gasteiger partial charge in [-0.25, -0.2) is 0 Å². The van der Waals surface area contributed by atoms with E-state index in [-0.39, 0.29) is 5.49 Å². The zero-order chi connectivity index (χ0) is 5.98. The van der Waals surface area contributed by atoms with Gasteiger partial charge in [0.2, 0.25) is 0 Å². The molecule has 0 amide bonds. The van der Waals surface area contributed by atoms with Gasteiger partial charge in [0.1, 0.15) is 0 Å². The van der Waals surface area contributed by atoms with Crippen molar-refractivity contribution in [1.82, 2.24) is 15.2 Å². The maximum absolute atomic E-state index is 8.42. The van der Waals surface area contributed by atoms with Gasteiger partial charge in [0.25, 0.3) is 0 Å². The lowest BCUT2D eigenvalue weighted by atomic mass is 10.7. The molecule has 0 aliphatic heterocycles. The van der Waals surface area contributed by atoms with Gasteiger partial charge in [0.15, 0.2) is 5.49 Å². The molecule has 0 radical (unpaired) electrons. The molecule has 0 aromatic carbocycles. The Morgan fingerprint density at radius 1 is 1.75 bits per heavy atom. The standard InChI is InChI=1S/C3H4N4O/c4-3-1-2-7(8)6-5-3/h1-2,4,8H. The molecule has 5 heteroatoms. The number of hydrogen-bond donors (Lipinski definition) is 2. The zero-order valence-corrected chi connectivity index (χ0v) is 3.94. The average Bonchev–Trinajstić information content (AvgIpc) is 1.77. The highest BCUT2D eigenvalue weighted by Gasteiger charge is 1.77. The van der Waals surface area contributed by atoms with Gasteiger partial charge in [-0.05, 0) is 5.21 Å². The molecule has 8 heavy (non-hydrogen) atoms. The number of nitrogens with zero attached hydrogens (tertiary/aromatic N) is 3. The van der Waals surface area contributed by atoms with Crippen molar-refractivity contribution < 1.29 is 5.21 Å². The minimum atomic E-state index is 0.0373. The van der Waals surface area contributed by atoms with Crippen LogP contribution in [0.5, 0.6) is 0 Å². The second-order valence-electron chi connectivity index (χ2n) is 1.21. The van der Waals surface area contributed by atoms with Crippen LogP contribution >= 0.6 is 0 Å². The van der Waals surface area contributed by atoms with Crippen LogP contribution in [0.1, 0.15) is 0 Å². The van der Waals surface area contributed by atoms with Crippen LogP contribution in [0.3, 0.4) is 0 Å². The first kappa shape index (κ1) is 4.76. The molecule has 0 bridgehead atoms. The molecule has 0 fully saturated rings. The summed E-state index contributed by atoms with van der Waals surface area (Å²) < 4.78 is 0. The quantitative estimate of drug-likeness (QED) is 0.422. The molecule has 0 spiro atoms. The predicted octanol–water partition coefficient (Wildman–Crippen LogP) is -1.01. The summed E-state index contributed by atoms with van der Waals surface area (Å²) in [5.74, 6) is 0. The highest BCUT2D eigenvalue weighted by molar-refractivity contribution is 4.69. The van der Waals surface area contributed by atoms with Crippen molar-refractivity contribution in [1.29, 1.82) is 5.41 Å². The Labute approximate surface area is 44.7 Å². The minimum absolute atomic E-state index is 0.0373. The number of aromatic nitrogens is 3. The Hall–Kier alpha value is -1.39. The Kier molecular flexibility index (Phi) is 0.957. The summed E-state index contributed by atoms with van der Waals surface area (Å²) in [7, 11) is 0. The maximum atomic E-state index is 8.42. The molecule has 1 rings (SSSR count). The molecule has 0 unspecified atom stereocenters. The average molecular weight is 112 g/mol. The summed E-state index contributed by atoms with van der Waals surface area (Å²) in [5.41, 5.74) is 0.0373. The largest absolute Gasteiger partial charge is 0.411 e. The van der Waals surface area contributed by atoms with E-state index in [4.69, 9.17) is 10.6 Å². The molecule has 1 aromatic rings. The molecule has 0 saturated heterocycles. The van der Waals surface area contributed by atoms with Crippen molar-refractivity contribution in [2.24, 2.45) is 0 Å². The molecule has 0 aliphatic carbocycles. The topological polar surface area (TPSA) is 74.8 Å². The molecule has 0 atom stereocenters. The van der Waals surface area contributed by atoms with E-state index in [0.29, 0.717) is 4.85 Å². The summed E-state index contributed by atoms with van der Waals surface area (Å²) in [5, 5.41) is 21.5. The van der Waals surface area contributed by atoms with Crippen LogP contribution in [0.2, 0.25) is 0 Å². The van der Waals surface area contributed by atoms with E-state index in [2.05, 4.69) is 10.3 Å². The molecule has 0 aliphatic rings. The van der Waals surface area contributed by atoms with Gasteiger partial charge in [-0.3, -0.25) is 5.41 Å². The maximum Gasteiger partial charge on any atom is 0.170 e. The second kappa shape index (κ2) is 1.61. The van der Waals surface area contributed by atoms with Crippen LogP contribution < -0.4 is 5.49 Å². The third-order valence-corrected chi connectivity index (χ3v) is 0.610. The Morgan fingerprint density at radius 3 is 2.88 bits per heavy atom. The Morgan fingerprint density at radius 2 is 2.50 bits per heavy atom. The Balaban J connectivity index is 3.22. The van der Waals surface area contributed by atoms with E-state index >= 15 is 0 Å². The number of hydrogen-bond acceptors (Lipinski definition) is 4. The highest BCUT2D eigenvalue weighted by atomic mass is 16.5. The first-order valence-electron chi connectivity index (χ1n) is 1.95. The van der Waals surface area contributed by atoms with Crippen LogP contribution in [0.15, 0.2) is 12.3 Å². The van der Waals surface area contributed by atoms with Gasteiger partial charge in [-0.1, -0.05) is 4.85 Å². The SMILES string of the molecule is N=c1ccn(O)nn1. The summed E-state index contributed by atoms with van der Waals surface area (Å²) in [6.45, 7) is 0. The van der Waals surface area contributed by atoms with Crippen molar-refractivity contribution in [3.63, 3.8) is 0 Å². The van der Waals surface area contributed by atoms with E-state index in [9.17, 15) is 0 Å². The summed E-state index contributed by atoms with van der Waals surface area (Å²) >= 11 is 0. The van der Waals surface area contributed by atoms with E-state index in [0.717, 1.165) is 0 Å². The number of nitrogens with one attached hydrogen (secondary N) is 1. The highest BCUT2D eigenvalue weighted by Crippen LogP contribution is 1.61. The van der Waals surface area contributed by atoms with Crippen LogP contribution in [0.25, 0.3) is 0 Å².